The molecule has 58 valence electrons. The van der Waals surface area contributed by atoms with Crippen molar-refractivity contribution in [3.05, 3.63) is 0 Å². The van der Waals surface area contributed by atoms with Crippen LogP contribution in [0.1, 0.15) is 13.8 Å². The van der Waals surface area contributed by atoms with Crippen LogP contribution < -0.4 is 5.32 Å². The van der Waals surface area contributed by atoms with Gasteiger partial charge in [0.2, 0.25) is 0 Å². The van der Waals surface area contributed by atoms with Crippen LogP contribution in [-0.2, 0) is 9.53 Å². The Morgan fingerprint density at radius 1 is 1.80 bits per heavy atom. The molecular weight excluding hydrogens is 130 g/mol. The van der Waals surface area contributed by atoms with Gasteiger partial charge in [-0.05, 0) is 0 Å². The third-order valence-electron chi connectivity index (χ3n) is 1.38. The normalized spacial score (nSPS) is 23.3. The Hall–Kier alpha value is -0.410. The summed E-state index contributed by atoms with van der Waals surface area (Å²) in [6.07, 6.45) is -0.0914. The van der Waals surface area contributed by atoms with E-state index in [1.54, 1.807) is 0 Å². The molecule has 0 saturated carbocycles. The molecule has 0 radical (unpaired) electrons. The summed E-state index contributed by atoms with van der Waals surface area (Å²) < 4.78 is 4.81. The van der Waals surface area contributed by atoms with Crippen molar-refractivity contribution in [2.24, 2.45) is 0 Å². The van der Waals surface area contributed by atoms with Gasteiger partial charge < -0.3 is 10.1 Å². The second kappa shape index (κ2) is 3.12. The summed E-state index contributed by atoms with van der Waals surface area (Å²) in [6.45, 7) is 5.10. The van der Waals surface area contributed by atoms with Gasteiger partial charge >= 0.3 is 0 Å². The second-order valence-corrected chi connectivity index (χ2v) is 2.82. The fourth-order valence-corrected chi connectivity index (χ4v) is 0.653. The van der Waals surface area contributed by atoms with Crippen molar-refractivity contribution in [1.82, 2.24) is 5.32 Å². The summed E-state index contributed by atoms with van der Waals surface area (Å²) >= 11 is 0. The molecule has 1 unspecified atom stereocenters. The molecule has 0 bridgehead atoms. The van der Waals surface area contributed by atoms with Crippen LogP contribution in [0.2, 0.25) is 0 Å². The van der Waals surface area contributed by atoms with E-state index >= 15 is 0 Å². The molecule has 1 N–H and O–H groups in total. The van der Waals surface area contributed by atoms with Crippen LogP contribution in [0.25, 0.3) is 0 Å². The molecule has 0 aliphatic carbocycles. The largest absolute Gasteiger partial charge is 0.365 e. The van der Waals surface area contributed by atoms with E-state index in [1.165, 1.54) is 0 Å². The van der Waals surface area contributed by atoms with E-state index in [0.29, 0.717) is 19.2 Å². The average Bonchev–Trinajstić information content (AvgIpc) is 2.63. The first-order valence-electron chi connectivity index (χ1n) is 3.58. The molecule has 0 aromatic carbocycles. The fourth-order valence-electron chi connectivity index (χ4n) is 0.653. The highest BCUT2D eigenvalue weighted by atomic mass is 16.6. The number of hydrogen-bond acceptors (Lipinski definition) is 3. The van der Waals surface area contributed by atoms with Crippen molar-refractivity contribution in [2.45, 2.75) is 26.0 Å². The molecule has 0 aromatic rings. The quantitative estimate of drug-likeness (QED) is 0.561. The first-order valence-corrected chi connectivity index (χ1v) is 3.58. The van der Waals surface area contributed by atoms with Crippen LogP contribution >= 0.6 is 0 Å². The van der Waals surface area contributed by atoms with Crippen molar-refractivity contribution >= 4 is 5.78 Å². The third-order valence-corrected chi connectivity index (χ3v) is 1.38. The van der Waals surface area contributed by atoms with Crippen molar-refractivity contribution < 1.29 is 9.53 Å². The van der Waals surface area contributed by atoms with Crippen LogP contribution in [0.3, 0.4) is 0 Å². The predicted molar refractivity (Wildman–Crippen MR) is 37.9 cm³/mol. The van der Waals surface area contributed by atoms with Crippen molar-refractivity contribution in [2.75, 3.05) is 13.2 Å². The minimum Gasteiger partial charge on any atom is -0.365 e. The van der Waals surface area contributed by atoms with Gasteiger partial charge in [0.15, 0.2) is 5.78 Å². The lowest BCUT2D eigenvalue weighted by molar-refractivity contribution is -0.119. The van der Waals surface area contributed by atoms with Gasteiger partial charge in [-0.3, -0.25) is 4.79 Å². The Labute approximate surface area is 60.7 Å². The lowest BCUT2D eigenvalue weighted by Crippen LogP contribution is -2.31. The Morgan fingerprint density at radius 2 is 2.40 bits per heavy atom. The summed E-state index contributed by atoms with van der Waals surface area (Å²) in [5, 5.41) is 3.04. The molecule has 1 fully saturated rings. The van der Waals surface area contributed by atoms with Crippen LogP contribution in [0.5, 0.6) is 0 Å². The Bertz CT molecular complexity index is 130. The summed E-state index contributed by atoms with van der Waals surface area (Å²) in [5.74, 6) is 0.175. The van der Waals surface area contributed by atoms with Gasteiger partial charge in [0.1, 0.15) is 6.10 Å². The van der Waals surface area contributed by atoms with Crippen molar-refractivity contribution in [3.8, 4) is 0 Å². The van der Waals surface area contributed by atoms with Crippen LogP contribution in [0.4, 0.5) is 0 Å². The number of ether oxygens (including phenoxy) is 1. The predicted octanol–water partition coefficient (Wildman–Crippen LogP) is -0.0477. The molecule has 0 spiro atoms. The first kappa shape index (κ1) is 7.69. The molecule has 3 nitrogen and oxygen atoms in total. The number of Topliss-reactive ketones (excluding diaryl/α,β-unsaturated/α-hetero) is 1. The summed E-state index contributed by atoms with van der Waals surface area (Å²) in [4.78, 5) is 10.9. The zero-order valence-corrected chi connectivity index (χ0v) is 6.39. The fraction of sp³-hybridized carbons (Fsp3) is 0.857. The molecule has 1 aliphatic rings. The highest BCUT2D eigenvalue weighted by Crippen LogP contribution is 2.08. The standard InChI is InChI=1S/C7H13NO2/c1-5(2)8-3-6(9)7-4-10-7/h5,7-8H,3-4H2,1-2H3. The van der Waals surface area contributed by atoms with Gasteiger partial charge in [0, 0.05) is 6.04 Å². The van der Waals surface area contributed by atoms with E-state index in [-0.39, 0.29) is 11.9 Å². The zero-order chi connectivity index (χ0) is 7.56. The Balaban J connectivity index is 2.06. The molecule has 3 heteroatoms. The first-order chi connectivity index (χ1) is 4.70. The van der Waals surface area contributed by atoms with Crippen LogP contribution in [0, 0.1) is 0 Å². The van der Waals surface area contributed by atoms with E-state index in [9.17, 15) is 4.79 Å². The number of rotatable bonds is 4. The SMILES string of the molecule is CC(C)NCC(=O)C1CO1. The van der Waals surface area contributed by atoms with E-state index < -0.39 is 0 Å². The van der Waals surface area contributed by atoms with Gasteiger partial charge in [0.25, 0.3) is 0 Å². The second-order valence-electron chi connectivity index (χ2n) is 2.82. The maximum atomic E-state index is 10.9. The molecule has 0 aromatic heterocycles. The minimum absolute atomic E-state index is 0.0914. The minimum atomic E-state index is -0.0914. The van der Waals surface area contributed by atoms with Crippen LogP contribution in [0.15, 0.2) is 0 Å². The van der Waals surface area contributed by atoms with E-state index in [0.717, 1.165) is 0 Å². The number of nitrogens with one attached hydrogen (secondary N) is 1. The highest BCUT2D eigenvalue weighted by molar-refractivity contribution is 5.86. The molecule has 1 heterocycles. The van der Waals surface area contributed by atoms with Gasteiger partial charge in [0.05, 0.1) is 13.2 Å². The lowest BCUT2D eigenvalue weighted by atomic mass is 10.3. The maximum Gasteiger partial charge on any atom is 0.177 e. The van der Waals surface area contributed by atoms with Gasteiger partial charge in [-0.2, -0.15) is 0 Å². The number of carbonyl (C=O) groups is 1. The smallest absolute Gasteiger partial charge is 0.177 e. The van der Waals surface area contributed by atoms with Gasteiger partial charge in [-0.1, -0.05) is 13.8 Å². The maximum absolute atomic E-state index is 10.9. The van der Waals surface area contributed by atoms with Gasteiger partial charge in [-0.25, -0.2) is 0 Å². The summed E-state index contributed by atoms with van der Waals surface area (Å²) in [7, 11) is 0. The molecule has 0 amide bonds. The molecule has 1 saturated heterocycles. The molecular formula is C7H13NO2. The van der Waals surface area contributed by atoms with Crippen molar-refractivity contribution in [3.63, 3.8) is 0 Å². The molecule has 1 atom stereocenters. The summed E-state index contributed by atoms with van der Waals surface area (Å²) in [5.41, 5.74) is 0. The molecule has 10 heavy (non-hydrogen) atoms. The zero-order valence-electron chi connectivity index (χ0n) is 6.39. The van der Waals surface area contributed by atoms with Gasteiger partial charge in [-0.15, -0.1) is 0 Å². The molecule has 1 aliphatic heterocycles. The topological polar surface area (TPSA) is 41.6 Å². The third kappa shape index (κ3) is 2.45. The van der Waals surface area contributed by atoms with E-state index in [4.69, 9.17) is 4.74 Å². The number of carbonyl (C=O) groups excluding carboxylic acids is 1. The van der Waals surface area contributed by atoms with E-state index in [1.807, 2.05) is 13.8 Å². The number of hydrogen-bond donors (Lipinski definition) is 1. The number of ketones is 1. The Morgan fingerprint density at radius 3 is 2.80 bits per heavy atom. The number of epoxide rings is 1. The Kier molecular flexibility index (Phi) is 2.40. The van der Waals surface area contributed by atoms with Crippen molar-refractivity contribution in [1.29, 1.82) is 0 Å². The van der Waals surface area contributed by atoms with E-state index in [2.05, 4.69) is 5.32 Å². The monoisotopic (exact) mass is 143 g/mol. The highest BCUT2D eigenvalue weighted by Gasteiger charge is 2.30. The average molecular weight is 143 g/mol. The summed E-state index contributed by atoms with van der Waals surface area (Å²) in [6, 6.07) is 0.377. The van der Waals surface area contributed by atoms with Crippen LogP contribution in [-0.4, -0.2) is 31.1 Å². The lowest BCUT2D eigenvalue weighted by Gasteiger charge is -2.04. The molecule has 1 rings (SSSR count).